The van der Waals surface area contributed by atoms with Crippen molar-refractivity contribution in [3.8, 4) is 5.75 Å². The number of benzene rings is 1. The number of halogens is 1. The van der Waals surface area contributed by atoms with Gasteiger partial charge in [0, 0.05) is 18.7 Å². The molecule has 0 aliphatic carbocycles. The topological polar surface area (TPSA) is 53.1 Å². The van der Waals surface area contributed by atoms with Crippen LogP contribution < -0.4 is 10.5 Å². The zero-order chi connectivity index (χ0) is 13.1. The van der Waals surface area contributed by atoms with Gasteiger partial charge in [0.15, 0.2) is 0 Å². The molecule has 5 heteroatoms. The van der Waals surface area contributed by atoms with Gasteiger partial charge in [-0.05, 0) is 13.0 Å². The van der Waals surface area contributed by atoms with Gasteiger partial charge >= 0.3 is 0 Å². The van der Waals surface area contributed by atoms with Crippen LogP contribution in [0.2, 0.25) is 5.15 Å². The first kappa shape index (κ1) is 12.9. The number of imidazole rings is 1. The van der Waals surface area contributed by atoms with E-state index >= 15 is 0 Å². The van der Waals surface area contributed by atoms with Crippen molar-refractivity contribution in [1.29, 1.82) is 0 Å². The molecule has 96 valence electrons. The van der Waals surface area contributed by atoms with E-state index in [-0.39, 0.29) is 6.04 Å². The van der Waals surface area contributed by atoms with E-state index in [4.69, 9.17) is 22.1 Å². The molecule has 1 heterocycles. The molecular weight excluding hydrogens is 250 g/mol. The first-order chi connectivity index (χ1) is 8.59. The van der Waals surface area contributed by atoms with E-state index in [2.05, 4.69) is 4.98 Å². The van der Waals surface area contributed by atoms with Crippen molar-refractivity contribution in [3.05, 3.63) is 47.0 Å². The molecule has 1 aromatic carbocycles. The molecule has 1 atom stereocenters. The Labute approximate surface area is 111 Å². The van der Waals surface area contributed by atoms with Crippen LogP contribution in [0, 0.1) is 0 Å². The molecule has 0 saturated carbocycles. The summed E-state index contributed by atoms with van der Waals surface area (Å²) in [4.78, 5) is 4.18. The Morgan fingerprint density at radius 2 is 2.17 bits per heavy atom. The lowest BCUT2D eigenvalue weighted by atomic mass is 10.1. The van der Waals surface area contributed by atoms with Gasteiger partial charge in [-0.3, -0.25) is 0 Å². The Kier molecular flexibility index (Phi) is 3.89. The van der Waals surface area contributed by atoms with Gasteiger partial charge in [0.05, 0.1) is 6.20 Å². The summed E-state index contributed by atoms with van der Waals surface area (Å²) in [7, 11) is 1.85. The lowest BCUT2D eigenvalue weighted by molar-refractivity contribution is 0.287. The van der Waals surface area contributed by atoms with E-state index in [1.807, 2.05) is 38.2 Å². The molecular formula is C13H16ClN3O. The highest BCUT2D eigenvalue weighted by molar-refractivity contribution is 6.29. The Morgan fingerprint density at radius 3 is 2.78 bits per heavy atom. The van der Waals surface area contributed by atoms with Gasteiger partial charge in [-0.2, -0.15) is 0 Å². The maximum absolute atomic E-state index is 5.92. The molecule has 0 unspecified atom stereocenters. The highest BCUT2D eigenvalue weighted by Crippen LogP contribution is 2.24. The minimum Gasteiger partial charge on any atom is -0.485 e. The number of hydrogen-bond donors (Lipinski definition) is 1. The molecule has 1 aromatic heterocycles. The second-order valence-electron chi connectivity index (χ2n) is 4.17. The van der Waals surface area contributed by atoms with Gasteiger partial charge in [-0.25, -0.2) is 4.98 Å². The molecule has 2 N–H and O–H groups in total. The van der Waals surface area contributed by atoms with E-state index in [1.165, 1.54) is 0 Å². The van der Waals surface area contributed by atoms with Crippen molar-refractivity contribution in [2.45, 2.75) is 19.6 Å². The molecule has 18 heavy (non-hydrogen) atoms. The quantitative estimate of drug-likeness (QED) is 0.925. The SMILES string of the molecule is C[C@@H](N)c1ccccc1OCc1ncc(Cl)n1C. The van der Waals surface area contributed by atoms with Crippen LogP contribution in [-0.2, 0) is 13.7 Å². The van der Waals surface area contributed by atoms with Crippen LogP contribution in [0.3, 0.4) is 0 Å². The second kappa shape index (κ2) is 5.42. The molecule has 4 nitrogen and oxygen atoms in total. The molecule has 0 radical (unpaired) electrons. The van der Waals surface area contributed by atoms with E-state index in [9.17, 15) is 0 Å². The third-order valence-corrected chi connectivity index (χ3v) is 3.15. The van der Waals surface area contributed by atoms with Gasteiger partial charge in [-0.1, -0.05) is 29.8 Å². The third-order valence-electron chi connectivity index (χ3n) is 2.79. The molecule has 2 aromatic rings. The minimum absolute atomic E-state index is 0.0637. The lowest BCUT2D eigenvalue weighted by Crippen LogP contribution is -2.09. The Bertz CT molecular complexity index is 537. The van der Waals surface area contributed by atoms with Gasteiger partial charge in [0.25, 0.3) is 0 Å². The minimum atomic E-state index is -0.0637. The summed E-state index contributed by atoms with van der Waals surface area (Å²) in [6, 6.07) is 7.68. The van der Waals surface area contributed by atoms with Crippen LogP contribution >= 0.6 is 11.6 Å². The summed E-state index contributed by atoms with van der Waals surface area (Å²) < 4.78 is 7.54. The van der Waals surface area contributed by atoms with Gasteiger partial charge < -0.3 is 15.0 Å². The zero-order valence-electron chi connectivity index (χ0n) is 10.4. The average Bonchev–Trinajstić information content (AvgIpc) is 2.68. The van der Waals surface area contributed by atoms with Crippen LogP contribution in [0.15, 0.2) is 30.5 Å². The molecule has 2 rings (SSSR count). The van der Waals surface area contributed by atoms with Crippen molar-refractivity contribution in [2.24, 2.45) is 12.8 Å². The summed E-state index contributed by atoms with van der Waals surface area (Å²) in [6.45, 7) is 2.30. The molecule has 0 amide bonds. The Balaban J connectivity index is 2.13. The molecule has 0 aliphatic rings. The number of ether oxygens (including phenoxy) is 1. The number of aromatic nitrogens is 2. The maximum Gasteiger partial charge on any atom is 0.147 e. The largest absolute Gasteiger partial charge is 0.485 e. The number of para-hydroxylation sites is 1. The fraction of sp³-hybridized carbons (Fsp3) is 0.308. The van der Waals surface area contributed by atoms with Crippen LogP contribution in [-0.4, -0.2) is 9.55 Å². The van der Waals surface area contributed by atoms with Crippen LogP contribution in [0.4, 0.5) is 0 Å². The monoisotopic (exact) mass is 265 g/mol. The fourth-order valence-electron chi connectivity index (χ4n) is 1.69. The molecule has 0 bridgehead atoms. The Hall–Kier alpha value is -1.52. The first-order valence-corrected chi connectivity index (χ1v) is 6.10. The summed E-state index contributed by atoms with van der Waals surface area (Å²) in [5.41, 5.74) is 6.88. The predicted octanol–water partition coefficient (Wildman–Crippen LogP) is 2.67. The summed E-state index contributed by atoms with van der Waals surface area (Å²) >= 11 is 5.92. The normalized spacial score (nSPS) is 12.4. The molecule has 0 fully saturated rings. The van der Waals surface area contributed by atoms with Crippen LogP contribution in [0.1, 0.15) is 24.4 Å². The number of nitrogens with two attached hydrogens (primary N) is 1. The molecule has 0 saturated heterocycles. The van der Waals surface area contributed by atoms with Crippen LogP contribution in [0.25, 0.3) is 0 Å². The third kappa shape index (κ3) is 2.66. The standard InChI is InChI=1S/C13H16ClN3O/c1-9(15)10-5-3-4-6-11(10)18-8-13-16-7-12(14)17(13)2/h3-7,9H,8,15H2,1-2H3/t9-/m1/s1. The number of rotatable bonds is 4. The summed E-state index contributed by atoms with van der Waals surface area (Å²) in [6.07, 6.45) is 1.61. The van der Waals surface area contributed by atoms with Gasteiger partial charge in [0.2, 0.25) is 0 Å². The maximum atomic E-state index is 5.92. The highest BCUT2D eigenvalue weighted by atomic mass is 35.5. The average molecular weight is 266 g/mol. The first-order valence-electron chi connectivity index (χ1n) is 5.73. The smallest absolute Gasteiger partial charge is 0.147 e. The van der Waals surface area contributed by atoms with Crippen molar-refractivity contribution >= 4 is 11.6 Å². The van der Waals surface area contributed by atoms with E-state index < -0.39 is 0 Å². The van der Waals surface area contributed by atoms with Crippen molar-refractivity contribution in [1.82, 2.24) is 9.55 Å². The van der Waals surface area contributed by atoms with Crippen LogP contribution in [0.5, 0.6) is 5.75 Å². The van der Waals surface area contributed by atoms with Gasteiger partial charge in [0.1, 0.15) is 23.3 Å². The van der Waals surface area contributed by atoms with Gasteiger partial charge in [-0.15, -0.1) is 0 Å². The summed E-state index contributed by atoms with van der Waals surface area (Å²) in [5, 5.41) is 0.592. The highest BCUT2D eigenvalue weighted by Gasteiger charge is 2.09. The van der Waals surface area contributed by atoms with Crippen molar-refractivity contribution < 1.29 is 4.74 Å². The van der Waals surface area contributed by atoms with E-state index in [0.717, 1.165) is 17.1 Å². The zero-order valence-corrected chi connectivity index (χ0v) is 11.2. The lowest BCUT2D eigenvalue weighted by Gasteiger charge is -2.13. The van der Waals surface area contributed by atoms with Crippen molar-refractivity contribution in [2.75, 3.05) is 0 Å². The fourth-order valence-corrected chi connectivity index (χ4v) is 1.84. The van der Waals surface area contributed by atoms with Crippen molar-refractivity contribution in [3.63, 3.8) is 0 Å². The Morgan fingerprint density at radius 1 is 1.44 bits per heavy atom. The molecule has 0 spiro atoms. The molecule has 0 aliphatic heterocycles. The summed E-state index contributed by atoms with van der Waals surface area (Å²) in [5.74, 6) is 1.56. The number of nitrogens with zero attached hydrogens (tertiary/aromatic N) is 2. The predicted molar refractivity (Wildman–Crippen MR) is 71.6 cm³/mol. The second-order valence-corrected chi connectivity index (χ2v) is 4.56. The van der Waals surface area contributed by atoms with E-state index in [0.29, 0.717) is 11.8 Å². The van der Waals surface area contributed by atoms with E-state index in [1.54, 1.807) is 10.8 Å². The number of hydrogen-bond acceptors (Lipinski definition) is 3.